The summed E-state index contributed by atoms with van der Waals surface area (Å²) in [6.45, 7) is 2.81. The Labute approximate surface area is 171 Å². The van der Waals surface area contributed by atoms with E-state index >= 15 is 0 Å². The highest BCUT2D eigenvalue weighted by molar-refractivity contribution is 7.17. The highest BCUT2D eigenvalue weighted by Gasteiger charge is 2.33. The van der Waals surface area contributed by atoms with Crippen LogP contribution in [0.3, 0.4) is 0 Å². The smallest absolute Gasteiger partial charge is 0.333 e. The first-order valence-corrected chi connectivity index (χ1v) is 10.3. The van der Waals surface area contributed by atoms with Crippen molar-refractivity contribution < 1.29 is 24.2 Å². The molecule has 7 nitrogen and oxygen atoms in total. The summed E-state index contributed by atoms with van der Waals surface area (Å²) >= 11 is 1.43. The van der Waals surface area contributed by atoms with E-state index in [0.717, 1.165) is 34.7 Å². The number of nitrogens with zero attached hydrogens (tertiary/aromatic N) is 2. The van der Waals surface area contributed by atoms with Gasteiger partial charge in [0, 0.05) is 41.2 Å². The van der Waals surface area contributed by atoms with Gasteiger partial charge in [0.1, 0.15) is 5.82 Å². The number of benzene rings is 1. The van der Waals surface area contributed by atoms with Crippen LogP contribution in [0.1, 0.15) is 12.8 Å². The van der Waals surface area contributed by atoms with Gasteiger partial charge in [0.05, 0.1) is 17.3 Å². The van der Waals surface area contributed by atoms with E-state index in [1.807, 2.05) is 10.3 Å². The van der Waals surface area contributed by atoms with Crippen LogP contribution in [-0.2, 0) is 9.59 Å². The van der Waals surface area contributed by atoms with Gasteiger partial charge in [-0.3, -0.25) is 4.90 Å². The summed E-state index contributed by atoms with van der Waals surface area (Å²) in [6, 6.07) is 4.05. The van der Waals surface area contributed by atoms with Gasteiger partial charge in [0.2, 0.25) is 0 Å². The van der Waals surface area contributed by atoms with Gasteiger partial charge in [0.25, 0.3) is 0 Å². The van der Waals surface area contributed by atoms with E-state index < -0.39 is 18.0 Å². The van der Waals surface area contributed by atoms with Crippen LogP contribution in [0.4, 0.5) is 10.1 Å². The molecule has 1 aromatic carbocycles. The summed E-state index contributed by atoms with van der Waals surface area (Å²) in [6.07, 6.45) is 2.42. The molecule has 2 aromatic rings. The first-order chi connectivity index (χ1) is 13.9. The highest BCUT2D eigenvalue weighted by atomic mass is 32.1. The van der Waals surface area contributed by atoms with Crippen LogP contribution in [0.25, 0.3) is 10.1 Å². The lowest BCUT2D eigenvalue weighted by Crippen LogP contribution is -2.55. The first-order valence-electron chi connectivity index (χ1n) is 9.44. The van der Waals surface area contributed by atoms with Crippen molar-refractivity contribution in [1.82, 2.24) is 4.90 Å². The molecule has 0 bridgehead atoms. The van der Waals surface area contributed by atoms with Gasteiger partial charge in [-0.25, -0.2) is 14.0 Å². The lowest BCUT2D eigenvalue weighted by molar-refractivity contribution is -0.135. The molecule has 1 unspecified atom stereocenters. The molecule has 0 amide bonds. The number of halogens is 1. The summed E-state index contributed by atoms with van der Waals surface area (Å²) in [5.74, 6) is -2.82. The minimum Gasteiger partial charge on any atom is -0.478 e. The van der Waals surface area contributed by atoms with E-state index in [2.05, 4.69) is 4.90 Å². The molecule has 0 radical (unpaired) electrons. The number of nitrogens with two attached hydrogens (primary N) is 1. The molecule has 1 aliphatic heterocycles. The third-order valence-electron chi connectivity index (χ3n) is 5.13. The number of hydrogen-bond donors (Lipinski definition) is 3. The number of carboxylic acid groups (broad SMARTS) is 2. The van der Waals surface area contributed by atoms with Gasteiger partial charge in [-0.05, 0) is 44.1 Å². The van der Waals surface area contributed by atoms with Crippen LogP contribution in [-0.4, -0.2) is 65.8 Å². The normalized spacial score (nSPS) is 18.3. The van der Waals surface area contributed by atoms with Gasteiger partial charge in [-0.15, -0.1) is 11.3 Å². The van der Waals surface area contributed by atoms with Crippen molar-refractivity contribution in [3.63, 3.8) is 0 Å². The van der Waals surface area contributed by atoms with E-state index in [9.17, 15) is 19.1 Å². The van der Waals surface area contributed by atoms with Crippen molar-refractivity contribution >= 4 is 39.0 Å². The average Bonchev–Trinajstić information content (AvgIpc) is 3.09. The van der Waals surface area contributed by atoms with E-state index in [-0.39, 0.29) is 11.4 Å². The molecule has 1 aromatic heterocycles. The van der Waals surface area contributed by atoms with Crippen molar-refractivity contribution in [1.29, 1.82) is 0 Å². The fraction of sp³-hybridized carbons (Fsp3) is 0.400. The molecule has 156 valence electrons. The second-order valence-electron chi connectivity index (χ2n) is 7.00. The third kappa shape index (κ3) is 4.92. The number of carbonyl (C=O) groups is 2. The zero-order chi connectivity index (χ0) is 21.0. The first kappa shape index (κ1) is 21.2. The molecule has 3 rings (SSSR count). The molecule has 0 saturated carbocycles. The largest absolute Gasteiger partial charge is 0.478 e. The van der Waals surface area contributed by atoms with E-state index in [1.54, 1.807) is 6.07 Å². The minimum atomic E-state index is -1.28. The second kappa shape index (κ2) is 9.34. The van der Waals surface area contributed by atoms with Gasteiger partial charge in [-0.2, -0.15) is 0 Å². The molecule has 2 heterocycles. The number of anilines is 1. The Bertz CT molecular complexity index is 930. The number of hydrogen-bond acceptors (Lipinski definition) is 6. The summed E-state index contributed by atoms with van der Waals surface area (Å²) in [4.78, 5) is 27.1. The topological polar surface area (TPSA) is 107 Å². The Morgan fingerprint density at radius 1 is 1.28 bits per heavy atom. The van der Waals surface area contributed by atoms with Gasteiger partial charge in [0.15, 0.2) is 0 Å². The van der Waals surface area contributed by atoms with Crippen molar-refractivity contribution in [3.05, 3.63) is 41.0 Å². The number of piperazine rings is 1. The van der Waals surface area contributed by atoms with Crippen LogP contribution < -0.4 is 10.6 Å². The number of carboxylic acids is 2. The van der Waals surface area contributed by atoms with Crippen molar-refractivity contribution in [2.24, 2.45) is 5.73 Å². The Kier molecular flexibility index (Phi) is 6.83. The summed E-state index contributed by atoms with van der Waals surface area (Å²) in [5.41, 5.74) is 6.34. The van der Waals surface area contributed by atoms with Gasteiger partial charge >= 0.3 is 11.9 Å². The molecule has 1 aliphatic rings. The van der Waals surface area contributed by atoms with Crippen molar-refractivity contribution in [3.8, 4) is 0 Å². The Balaban J connectivity index is 1.91. The maximum Gasteiger partial charge on any atom is 0.333 e. The van der Waals surface area contributed by atoms with Crippen LogP contribution >= 0.6 is 11.3 Å². The molecule has 9 heteroatoms. The predicted octanol–water partition coefficient (Wildman–Crippen LogP) is 2.37. The SMILES string of the molecule is NCCCCN1CCN(c2csc3cc(F)ccc23)CC1/C(=C\C(=O)O)C(=O)O. The summed E-state index contributed by atoms with van der Waals surface area (Å²) < 4.78 is 14.3. The molecule has 0 spiro atoms. The fourth-order valence-corrected chi connectivity index (χ4v) is 4.72. The molecule has 1 saturated heterocycles. The maximum absolute atomic E-state index is 13.5. The average molecular weight is 421 g/mol. The van der Waals surface area contributed by atoms with Crippen LogP contribution in [0.5, 0.6) is 0 Å². The van der Waals surface area contributed by atoms with E-state index in [0.29, 0.717) is 32.7 Å². The fourth-order valence-electron chi connectivity index (χ4n) is 3.73. The zero-order valence-corrected chi connectivity index (χ0v) is 16.7. The number of unbranched alkanes of at least 4 members (excludes halogenated alkanes) is 1. The summed E-state index contributed by atoms with van der Waals surface area (Å²) in [7, 11) is 0. The molecular weight excluding hydrogens is 397 g/mol. The third-order valence-corrected chi connectivity index (χ3v) is 6.07. The minimum absolute atomic E-state index is 0.138. The number of aliphatic carboxylic acids is 2. The lowest BCUT2D eigenvalue weighted by Gasteiger charge is -2.42. The molecule has 4 N–H and O–H groups in total. The molecule has 0 aliphatic carbocycles. The quantitative estimate of drug-likeness (QED) is 0.444. The Morgan fingerprint density at radius 2 is 2.07 bits per heavy atom. The van der Waals surface area contributed by atoms with E-state index in [4.69, 9.17) is 10.8 Å². The van der Waals surface area contributed by atoms with Crippen LogP contribution in [0, 0.1) is 5.82 Å². The van der Waals surface area contributed by atoms with Gasteiger partial charge < -0.3 is 20.8 Å². The van der Waals surface area contributed by atoms with Crippen molar-refractivity contribution in [2.45, 2.75) is 18.9 Å². The van der Waals surface area contributed by atoms with Gasteiger partial charge in [-0.1, -0.05) is 0 Å². The van der Waals surface area contributed by atoms with Crippen LogP contribution in [0.15, 0.2) is 35.2 Å². The van der Waals surface area contributed by atoms with Crippen molar-refractivity contribution in [2.75, 3.05) is 37.6 Å². The molecule has 1 fully saturated rings. The predicted molar refractivity (Wildman–Crippen MR) is 111 cm³/mol. The molecule has 1 atom stereocenters. The van der Waals surface area contributed by atoms with Crippen LogP contribution in [0.2, 0.25) is 0 Å². The number of rotatable bonds is 8. The Hall–Kier alpha value is -2.49. The zero-order valence-electron chi connectivity index (χ0n) is 15.9. The standard InChI is InChI=1S/C20H24FN3O4S/c21-13-3-4-14-17(12-29-18(14)9-13)24-8-7-23(6-2-1-5-22)16(11-24)15(20(27)28)10-19(25)26/h3-4,9-10,12,16H,1-2,5-8,11,22H2,(H,25,26)(H,27,28)/b15-10+. The monoisotopic (exact) mass is 421 g/mol. The molecule has 29 heavy (non-hydrogen) atoms. The molecular formula is C20H24FN3O4S. The van der Waals surface area contributed by atoms with E-state index in [1.165, 1.54) is 23.5 Å². The Morgan fingerprint density at radius 3 is 2.76 bits per heavy atom. The second-order valence-corrected chi connectivity index (χ2v) is 7.91. The highest BCUT2D eigenvalue weighted by Crippen LogP contribution is 2.35. The number of thiophene rings is 1. The number of fused-ring (bicyclic) bond motifs is 1. The summed E-state index contributed by atoms with van der Waals surface area (Å²) in [5, 5.41) is 21.7. The lowest BCUT2D eigenvalue weighted by atomic mass is 10.0. The maximum atomic E-state index is 13.5.